The standard InChI is InChI=1S/C20H27N3O4.ClH/c1-14(18(25)26)22-19(27)20(15-6-3-2-4-7-15)9-12-23(13-10-20)17(24)16-8-5-11-21-16;/h2-4,6-7,14,16,21H,5,8-13H2,1H3,(H,22,27)(H,25,26);1H/t14-,16-;/m0./s1. The van der Waals surface area contributed by atoms with Crippen molar-refractivity contribution in [1.29, 1.82) is 0 Å². The van der Waals surface area contributed by atoms with Gasteiger partial charge in [0.25, 0.3) is 0 Å². The molecule has 0 unspecified atom stereocenters. The molecule has 8 heteroatoms. The Hall–Kier alpha value is -2.12. The van der Waals surface area contributed by atoms with Gasteiger partial charge in [-0.2, -0.15) is 0 Å². The Kier molecular flexibility index (Phi) is 7.43. The third-order valence-corrected chi connectivity index (χ3v) is 5.77. The number of carbonyl (C=O) groups excluding carboxylic acids is 2. The van der Waals surface area contributed by atoms with E-state index >= 15 is 0 Å². The van der Waals surface area contributed by atoms with Gasteiger partial charge in [-0.15, -0.1) is 12.4 Å². The van der Waals surface area contributed by atoms with Gasteiger partial charge in [0.15, 0.2) is 0 Å². The molecule has 3 rings (SSSR count). The molecule has 28 heavy (non-hydrogen) atoms. The van der Waals surface area contributed by atoms with Gasteiger partial charge in [0, 0.05) is 13.1 Å². The van der Waals surface area contributed by atoms with Crippen molar-refractivity contribution in [2.24, 2.45) is 0 Å². The third kappa shape index (κ3) is 4.47. The Bertz CT molecular complexity index is 699. The molecule has 2 aliphatic heterocycles. The van der Waals surface area contributed by atoms with Crippen molar-refractivity contribution < 1.29 is 19.5 Å². The molecule has 0 aromatic heterocycles. The van der Waals surface area contributed by atoms with E-state index in [0.29, 0.717) is 25.9 Å². The first-order valence-corrected chi connectivity index (χ1v) is 9.55. The number of benzene rings is 1. The number of aliphatic carboxylic acids is 1. The second-order valence-corrected chi connectivity index (χ2v) is 7.46. The van der Waals surface area contributed by atoms with Crippen LogP contribution in [0.15, 0.2) is 30.3 Å². The largest absolute Gasteiger partial charge is 0.480 e. The summed E-state index contributed by atoms with van der Waals surface area (Å²) in [6.07, 6.45) is 2.82. The zero-order valence-electron chi connectivity index (χ0n) is 16.0. The molecular formula is C20H28ClN3O4. The molecule has 1 aromatic carbocycles. The van der Waals surface area contributed by atoms with Crippen molar-refractivity contribution in [3.8, 4) is 0 Å². The molecule has 2 heterocycles. The zero-order chi connectivity index (χ0) is 19.4. The summed E-state index contributed by atoms with van der Waals surface area (Å²) < 4.78 is 0. The van der Waals surface area contributed by atoms with Gasteiger partial charge in [-0.3, -0.25) is 14.4 Å². The van der Waals surface area contributed by atoms with Crippen LogP contribution in [0.25, 0.3) is 0 Å². The first-order chi connectivity index (χ1) is 12.9. The van der Waals surface area contributed by atoms with E-state index in [9.17, 15) is 14.4 Å². The monoisotopic (exact) mass is 409 g/mol. The van der Waals surface area contributed by atoms with E-state index in [4.69, 9.17) is 5.11 Å². The van der Waals surface area contributed by atoms with Gasteiger partial charge in [-0.05, 0) is 44.7 Å². The molecule has 0 spiro atoms. The number of nitrogens with zero attached hydrogens (tertiary/aromatic N) is 1. The zero-order valence-corrected chi connectivity index (χ0v) is 16.8. The lowest BCUT2D eigenvalue weighted by molar-refractivity contribution is -0.143. The van der Waals surface area contributed by atoms with Crippen LogP contribution in [0.5, 0.6) is 0 Å². The maximum atomic E-state index is 13.1. The minimum Gasteiger partial charge on any atom is -0.480 e. The third-order valence-electron chi connectivity index (χ3n) is 5.77. The first-order valence-electron chi connectivity index (χ1n) is 9.55. The number of hydrogen-bond acceptors (Lipinski definition) is 4. The van der Waals surface area contributed by atoms with E-state index in [0.717, 1.165) is 24.9 Å². The van der Waals surface area contributed by atoms with E-state index < -0.39 is 17.4 Å². The lowest BCUT2D eigenvalue weighted by Crippen LogP contribution is -2.56. The molecule has 1 aromatic rings. The normalized spacial score (nSPS) is 22.0. The van der Waals surface area contributed by atoms with Gasteiger partial charge in [-0.25, -0.2) is 0 Å². The Morgan fingerprint density at radius 1 is 1.21 bits per heavy atom. The van der Waals surface area contributed by atoms with Crippen molar-refractivity contribution in [3.05, 3.63) is 35.9 Å². The van der Waals surface area contributed by atoms with Crippen LogP contribution in [0, 0.1) is 0 Å². The van der Waals surface area contributed by atoms with Crippen LogP contribution in [-0.2, 0) is 19.8 Å². The summed E-state index contributed by atoms with van der Waals surface area (Å²) in [6, 6.07) is 8.38. The maximum absolute atomic E-state index is 13.1. The molecule has 7 nitrogen and oxygen atoms in total. The molecular weight excluding hydrogens is 382 g/mol. The highest BCUT2D eigenvalue weighted by molar-refractivity contribution is 5.92. The number of amides is 2. The number of piperidine rings is 1. The second kappa shape index (κ2) is 9.39. The van der Waals surface area contributed by atoms with Crippen LogP contribution < -0.4 is 10.6 Å². The molecule has 2 atom stereocenters. The summed E-state index contributed by atoms with van der Waals surface area (Å²) in [5, 5.41) is 15.0. The minimum atomic E-state index is -1.06. The Labute approximate surface area is 171 Å². The number of carbonyl (C=O) groups is 3. The topological polar surface area (TPSA) is 98.7 Å². The summed E-state index contributed by atoms with van der Waals surface area (Å²) >= 11 is 0. The van der Waals surface area contributed by atoms with Crippen LogP contribution in [0.4, 0.5) is 0 Å². The van der Waals surface area contributed by atoms with Gasteiger partial charge in [-0.1, -0.05) is 30.3 Å². The van der Waals surface area contributed by atoms with Crippen LogP contribution in [0.1, 0.15) is 38.2 Å². The number of carboxylic acid groups (broad SMARTS) is 1. The van der Waals surface area contributed by atoms with Crippen molar-refractivity contribution >= 4 is 30.2 Å². The van der Waals surface area contributed by atoms with Gasteiger partial charge < -0.3 is 20.6 Å². The molecule has 0 saturated carbocycles. The molecule has 2 amide bonds. The molecule has 2 aliphatic rings. The van der Waals surface area contributed by atoms with Crippen LogP contribution >= 0.6 is 12.4 Å². The summed E-state index contributed by atoms with van der Waals surface area (Å²) in [4.78, 5) is 38.8. The molecule has 0 radical (unpaired) electrons. The number of nitrogens with one attached hydrogen (secondary N) is 2. The smallest absolute Gasteiger partial charge is 0.325 e. The van der Waals surface area contributed by atoms with Crippen LogP contribution in [0.2, 0.25) is 0 Å². The van der Waals surface area contributed by atoms with Crippen molar-refractivity contribution in [2.45, 2.75) is 50.1 Å². The molecule has 2 saturated heterocycles. The average molecular weight is 410 g/mol. The average Bonchev–Trinajstić information content (AvgIpc) is 3.22. The highest BCUT2D eigenvalue weighted by Crippen LogP contribution is 2.36. The molecule has 154 valence electrons. The van der Waals surface area contributed by atoms with Crippen LogP contribution in [0.3, 0.4) is 0 Å². The fourth-order valence-electron chi connectivity index (χ4n) is 4.03. The summed E-state index contributed by atoms with van der Waals surface area (Å²) in [5.41, 5.74) is 0.0522. The minimum absolute atomic E-state index is 0. The fourth-order valence-corrected chi connectivity index (χ4v) is 4.03. The SMILES string of the molecule is C[C@H](NC(=O)C1(c2ccccc2)CCN(C(=O)[C@@H]2CCCN2)CC1)C(=O)O.Cl. The summed E-state index contributed by atoms with van der Waals surface area (Å²) in [5.74, 6) is -1.24. The van der Waals surface area contributed by atoms with E-state index in [1.165, 1.54) is 6.92 Å². The lowest BCUT2D eigenvalue weighted by atomic mass is 9.71. The van der Waals surface area contributed by atoms with E-state index in [2.05, 4.69) is 10.6 Å². The van der Waals surface area contributed by atoms with Crippen molar-refractivity contribution in [3.63, 3.8) is 0 Å². The Morgan fingerprint density at radius 3 is 2.39 bits per heavy atom. The number of carboxylic acids is 1. The second-order valence-electron chi connectivity index (χ2n) is 7.46. The maximum Gasteiger partial charge on any atom is 0.325 e. The van der Waals surface area contributed by atoms with E-state index in [1.54, 1.807) is 0 Å². The van der Waals surface area contributed by atoms with E-state index in [-0.39, 0.29) is 30.3 Å². The van der Waals surface area contributed by atoms with Crippen molar-refractivity contribution in [1.82, 2.24) is 15.5 Å². The van der Waals surface area contributed by atoms with Gasteiger partial charge >= 0.3 is 5.97 Å². The molecule has 2 fully saturated rings. The fraction of sp³-hybridized carbons (Fsp3) is 0.550. The van der Waals surface area contributed by atoms with Crippen molar-refractivity contribution in [2.75, 3.05) is 19.6 Å². The predicted octanol–water partition coefficient (Wildman–Crippen LogP) is 1.31. The Morgan fingerprint density at radius 2 is 1.86 bits per heavy atom. The van der Waals surface area contributed by atoms with Gasteiger partial charge in [0.05, 0.1) is 11.5 Å². The van der Waals surface area contributed by atoms with E-state index in [1.807, 2.05) is 35.2 Å². The number of rotatable bonds is 5. The lowest BCUT2D eigenvalue weighted by Gasteiger charge is -2.42. The Balaban J connectivity index is 0.00000280. The number of halogens is 1. The molecule has 0 bridgehead atoms. The van der Waals surface area contributed by atoms with Gasteiger partial charge in [0.1, 0.15) is 6.04 Å². The highest BCUT2D eigenvalue weighted by Gasteiger charge is 2.45. The summed E-state index contributed by atoms with van der Waals surface area (Å²) in [7, 11) is 0. The summed E-state index contributed by atoms with van der Waals surface area (Å²) in [6.45, 7) is 3.30. The number of hydrogen-bond donors (Lipinski definition) is 3. The first kappa shape index (κ1) is 22.2. The molecule has 0 aliphatic carbocycles. The van der Waals surface area contributed by atoms with Gasteiger partial charge in [0.2, 0.25) is 11.8 Å². The quantitative estimate of drug-likeness (QED) is 0.681. The highest BCUT2D eigenvalue weighted by atomic mass is 35.5. The number of likely N-dealkylation sites (tertiary alicyclic amines) is 1. The van der Waals surface area contributed by atoms with Crippen LogP contribution in [-0.4, -0.2) is 59.5 Å². The molecule has 3 N–H and O–H groups in total. The predicted molar refractivity (Wildman–Crippen MR) is 107 cm³/mol.